The second-order valence-corrected chi connectivity index (χ2v) is 6.76. The van der Waals surface area contributed by atoms with Crippen molar-refractivity contribution in [3.63, 3.8) is 0 Å². The molecule has 2 nitrogen and oxygen atoms in total. The zero-order valence-electron chi connectivity index (χ0n) is 13.8. The first kappa shape index (κ1) is 17.9. The first-order chi connectivity index (χ1) is 8.34. The van der Waals surface area contributed by atoms with E-state index in [1.165, 1.54) is 25.9 Å². The summed E-state index contributed by atoms with van der Waals surface area (Å²) in [5, 5.41) is 3.60. The first-order valence-electron chi connectivity index (χ1n) is 7.79. The minimum atomic E-state index is 0.397. The Bertz CT molecular complexity index is 201. The summed E-state index contributed by atoms with van der Waals surface area (Å²) in [6.07, 6.45) is 2.46. The molecule has 1 atom stereocenters. The molecule has 0 spiro atoms. The van der Waals surface area contributed by atoms with Gasteiger partial charge >= 0.3 is 0 Å². The van der Waals surface area contributed by atoms with Gasteiger partial charge in [0.1, 0.15) is 0 Å². The monoisotopic (exact) mass is 256 g/mol. The lowest BCUT2D eigenvalue weighted by Crippen LogP contribution is -2.46. The maximum Gasteiger partial charge on any atom is 0.00502 e. The van der Waals surface area contributed by atoms with Crippen LogP contribution in [0.4, 0.5) is 0 Å². The van der Waals surface area contributed by atoms with Gasteiger partial charge in [-0.3, -0.25) is 0 Å². The summed E-state index contributed by atoms with van der Waals surface area (Å²) in [5.74, 6) is 0.747. The molecule has 18 heavy (non-hydrogen) atoms. The molecule has 2 heteroatoms. The van der Waals surface area contributed by atoms with Gasteiger partial charge in [-0.1, -0.05) is 34.6 Å². The second-order valence-electron chi connectivity index (χ2n) is 6.76. The summed E-state index contributed by atoms with van der Waals surface area (Å²) >= 11 is 0. The van der Waals surface area contributed by atoms with Crippen LogP contribution in [0, 0.1) is 11.3 Å². The molecule has 0 saturated carbocycles. The van der Waals surface area contributed by atoms with Gasteiger partial charge in [0.15, 0.2) is 0 Å². The topological polar surface area (TPSA) is 15.3 Å². The smallest absolute Gasteiger partial charge is 0.00502 e. The van der Waals surface area contributed by atoms with Crippen molar-refractivity contribution in [2.45, 2.75) is 67.3 Å². The quantitative estimate of drug-likeness (QED) is 0.599. The molecular formula is C16H36N2. The molecular weight excluding hydrogens is 220 g/mol. The van der Waals surface area contributed by atoms with Crippen LogP contribution in [0.2, 0.25) is 0 Å². The Labute approximate surface area is 116 Å². The van der Waals surface area contributed by atoms with Crippen LogP contribution in [0.1, 0.15) is 61.3 Å². The van der Waals surface area contributed by atoms with Crippen molar-refractivity contribution in [1.29, 1.82) is 0 Å². The Morgan fingerprint density at radius 3 is 2.11 bits per heavy atom. The highest BCUT2D eigenvalue weighted by Crippen LogP contribution is 2.23. The number of nitrogens with one attached hydrogen (secondary N) is 1. The van der Waals surface area contributed by atoms with Crippen molar-refractivity contribution < 1.29 is 0 Å². The third-order valence-corrected chi connectivity index (χ3v) is 3.75. The van der Waals surface area contributed by atoms with Gasteiger partial charge in [-0.05, 0) is 44.6 Å². The third-order valence-electron chi connectivity index (χ3n) is 3.75. The van der Waals surface area contributed by atoms with E-state index in [0.29, 0.717) is 11.5 Å². The van der Waals surface area contributed by atoms with E-state index in [1.807, 2.05) is 0 Å². The van der Waals surface area contributed by atoms with E-state index in [1.54, 1.807) is 0 Å². The second kappa shape index (κ2) is 8.92. The first-order valence-corrected chi connectivity index (χ1v) is 7.79. The largest absolute Gasteiger partial charge is 0.316 e. The molecule has 0 aliphatic heterocycles. The number of hydrogen-bond donors (Lipinski definition) is 1. The molecule has 0 aliphatic carbocycles. The average Bonchev–Trinajstić information content (AvgIpc) is 2.28. The molecule has 1 unspecified atom stereocenters. The summed E-state index contributed by atoms with van der Waals surface area (Å²) in [4.78, 5) is 2.64. The van der Waals surface area contributed by atoms with E-state index >= 15 is 0 Å². The van der Waals surface area contributed by atoms with E-state index in [0.717, 1.165) is 19.0 Å². The standard InChI is InChI=1S/C16H36N2/c1-8-10-17-12-16(7,9-2)13-18(15(5)6)11-14(3)4/h14-15,17H,8-13H2,1-7H3. The highest BCUT2D eigenvalue weighted by Gasteiger charge is 2.26. The van der Waals surface area contributed by atoms with Crippen LogP contribution in [0.15, 0.2) is 0 Å². The van der Waals surface area contributed by atoms with Gasteiger partial charge < -0.3 is 10.2 Å². The highest BCUT2D eigenvalue weighted by molar-refractivity contribution is 4.81. The summed E-state index contributed by atoms with van der Waals surface area (Å²) in [6, 6.07) is 0.643. The fraction of sp³-hybridized carbons (Fsp3) is 1.00. The van der Waals surface area contributed by atoms with Crippen molar-refractivity contribution in [1.82, 2.24) is 10.2 Å². The fourth-order valence-electron chi connectivity index (χ4n) is 2.28. The molecule has 0 heterocycles. The van der Waals surface area contributed by atoms with Gasteiger partial charge in [0, 0.05) is 25.7 Å². The van der Waals surface area contributed by atoms with Crippen LogP contribution in [-0.2, 0) is 0 Å². The molecule has 0 rings (SSSR count). The Morgan fingerprint density at radius 1 is 1.11 bits per heavy atom. The van der Waals surface area contributed by atoms with E-state index < -0.39 is 0 Å². The summed E-state index contributed by atoms with van der Waals surface area (Å²) < 4.78 is 0. The van der Waals surface area contributed by atoms with Gasteiger partial charge in [-0.15, -0.1) is 0 Å². The number of hydrogen-bond acceptors (Lipinski definition) is 2. The fourth-order valence-corrected chi connectivity index (χ4v) is 2.28. The van der Waals surface area contributed by atoms with E-state index in [2.05, 4.69) is 58.7 Å². The van der Waals surface area contributed by atoms with Crippen LogP contribution < -0.4 is 5.32 Å². The normalized spacial score (nSPS) is 15.7. The third kappa shape index (κ3) is 7.38. The van der Waals surface area contributed by atoms with Crippen LogP contribution in [0.3, 0.4) is 0 Å². The predicted molar refractivity (Wildman–Crippen MR) is 83.1 cm³/mol. The highest BCUT2D eigenvalue weighted by atomic mass is 15.2. The van der Waals surface area contributed by atoms with E-state index in [9.17, 15) is 0 Å². The maximum atomic E-state index is 3.60. The molecule has 110 valence electrons. The van der Waals surface area contributed by atoms with Crippen molar-refractivity contribution in [3.8, 4) is 0 Å². The maximum absolute atomic E-state index is 3.60. The van der Waals surface area contributed by atoms with Gasteiger partial charge in [0.25, 0.3) is 0 Å². The van der Waals surface area contributed by atoms with E-state index in [-0.39, 0.29) is 0 Å². The molecule has 0 aliphatic rings. The van der Waals surface area contributed by atoms with Crippen molar-refractivity contribution in [2.24, 2.45) is 11.3 Å². The van der Waals surface area contributed by atoms with Gasteiger partial charge in [-0.2, -0.15) is 0 Å². The number of rotatable bonds is 10. The molecule has 0 amide bonds. The molecule has 0 bridgehead atoms. The van der Waals surface area contributed by atoms with Crippen molar-refractivity contribution in [2.75, 3.05) is 26.2 Å². The lowest BCUT2D eigenvalue weighted by Gasteiger charge is -2.38. The SMILES string of the molecule is CCCNCC(C)(CC)CN(CC(C)C)C(C)C. The molecule has 0 saturated heterocycles. The Hall–Kier alpha value is -0.0800. The minimum absolute atomic E-state index is 0.397. The zero-order valence-corrected chi connectivity index (χ0v) is 13.8. The molecule has 1 N–H and O–H groups in total. The Balaban J connectivity index is 4.42. The summed E-state index contributed by atoms with van der Waals surface area (Å²) in [7, 11) is 0. The predicted octanol–water partition coefficient (Wildman–Crippen LogP) is 3.77. The van der Waals surface area contributed by atoms with Crippen LogP contribution in [-0.4, -0.2) is 37.1 Å². The molecule has 0 aromatic rings. The van der Waals surface area contributed by atoms with E-state index in [4.69, 9.17) is 0 Å². The van der Waals surface area contributed by atoms with Gasteiger partial charge in [0.05, 0.1) is 0 Å². The minimum Gasteiger partial charge on any atom is -0.316 e. The average molecular weight is 256 g/mol. The van der Waals surface area contributed by atoms with Crippen molar-refractivity contribution >= 4 is 0 Å². The van der Waals surface area contributed by atoms with Gasteiger partial charge in [-0.25, -0.2) is 0 Å². The molecule has 0 aromatic carbocycles. The van der Waals surface area contributed by atoms with Gasteiger partial charge in [0.2, 0.25) is 0 Å². The molecule has 0 radical (unpaired) electrons. The Morgan fingerprint density at radius 2 is 1.72 bits per heavy atom. The van der Waals surface area contributed by atoms with Crippen LogP contribution in [0.5, 0.6) is 0 Å². The Kier molecular flexibility index (Phi) is 8.89. The zero-order chi connectivity index (χ0) is 14.2. The summed E-state index contributed by atoms with van der Waals surface area (Å²) in [5.41, 5.74) is 0.397. The molecule has 0 aromatic heterocycles. The molecule has 0 fully saturated rings. The lowest BCUT2D eigenvalue weighted by molar-refractivity contribution is 0.114. The van der Waals surface area contributed by atoms with Crippen molar-refractivity contribution in [3.05, 3.63) is 0 Å². The van der Waals surface area contributed by atoms with Crippen LogP contribution >= 0.6 is 0 Å². The lowest BCUT2D eigenvalue weighted by atomic mass is 9.86. The number of nitrogens with zero attached hydrogens (tertiary/aromatic N) is 1. The summed E-state index contributed by atoms with van der Waals surface area (Å²) in [6.45, 7) is 20.9. The van der Waals surface area contributed by atoms with Crippen LogP contribution in [0.25, 0.3) is 0 Å².